The van der Waals surface area contributed by atoms with Crippen molar-refractivity contribution in [1.82, 2.24) is 19.4 Å². The van der Waals surface area contributed by atoms with Crippen LogP contribution < -0.4 is 0 Å². The highest BCUT2D eigenvalue weighted by Gasteiger charge is 2.37. The Bertz CT molecular complexity index is 1100. The number of fused-ring (bicyclic) bond motifs is 1. The molecule has 1 fully saturated rings. The highest BCUT2D eigenvalue weighted by atomic mass is 32.1. The lowest BCUT2D eigenvalue weighted by Crippen LogP contribution is -2.33. The van der Waals surface area contributed by atoms with Crippen LogP contribution in [0.1, 0.15) is 81.3 Å². The smallest absolute Gasteiger partial charge is 0.122 e. The average Bonchev–Trinajstić information content (AvgIpc) is 3.42. The van der Waals surface area contributed by atoms with E-state index in [0.717, 1.165) is 31.2 Å². The summed E-state index contributed by atoms with van der Waals surface area (Å²) in [5.74, 6) is 1.73. The van der Waals surface area contributed by atoms with Crippen LogP contribution in [0.2, 0.25) is 0 Å². The molecule has 4 nitrogen and oxygen atoms in total. The highest BCUT2D eigenvalue weighted by molar-refractivity contribution is 7.10. The molecule has 3 heterocycles. The molecule has 1 aromatic carbocycles. The molecule has 0 N–H and O–H groups in total. The van der Waals surface area contributed by atoms with Crippen molar-refractivity contribution < 1.29 is 0 Å². The Hall–Kier alpha value is -1.98. The van der Waals surface area contributed by atoms with E-state index >= 15 is 0 Å². The molecule has 0 bridgehead atoms. The molecule has 0 atom stereocenters. The van der Waals surface area contributed by atoms with Crippen LogP contribution in [0.4, 0.5) is 0 Å². The van der Waals surface area contributed by atoms with E-state index in [0.29, 0.717) is 5.92 Å². The molecule has 1 aliphatic heterocycles. The standard InChI is InChI=1S/C27H36N4S/c1-26(2)10-11-27(3,4)22-16-20(6-7-21(22)26)23-18-32-25(29-23)19-8-13-31(14-9-19)17-24-28-12-15-30(24)5/h6-7,12,15-16,18-19H,8-11,13-14,17H2,1-5H3. The van der Waals surface area contributed by atoms with Gasteiger partial charge in [-0.3, -0.25) is 4.90 Å². The van der Waals surface area contributed by atoms with Gasteiger partial charge in [-0.05, 0) is 66.8 Å². The fourth-order valence-electron chi connectivity index (χ4n) is 5.44. The van der Waals surface area contributed by atoms with Crippen LogP contribution in [-0.2, 0) is 24.4 Å². The number of aryl methyl sites for hydroxylation is 1. The minimum Gasteiger partial charge on any atom is -0.337 e. The fraction of sp³-hybridized carbons (Fsp3) is 0.556. The van der Waals surface area contributed by atoms with Gasteiger partial charge in [0.2, 0.25) is 0 Å². The number of likely N-dealkylation sites (tertiary alicyclic amines) is 1. The van der Waals surface area contributed by atoms with Crippen LogP contribution in [0, 0.1) is 0 Å². The molecule has 0 radical (unpaired) electrons. The first-order valence-electron chi connectivity index (χ1n) is 12.0. The quantitative estimate of drug-likeness (QED) is 0.471. The molecule has 32 heavy (non-hydrogen) atoms. The van der Waals surface area contributed by atoms with E-state index in [-0.39, 0.29) is 10.8 Å². The third-order valence-corrected chi connectivity index (χ3v) is 8.90. The van der Waals surface area contributed by atoms with Crippen molar-refractivity contribution in [2.75, 3.05) is 13.1 Å². The monoisotopic (exact) mass is 448 g/mol. The molecule has 2 aromatic heterocycles. The molecule has 1 aliphatic carbocycles. The van der Waals surface area contributed by atoms with E-state index in [2.05, 4.69) is 72.8 Å². The van der Waals surface area contributed by atoms with Gasteiger partial charge in [0.25, 0.3) is 0 Å². The second-order valence-electron chi connectivity index (χ2n) is 11.1. The van der Waals surface area contributed by atoms with Crippen molar-refractivity contribution in [3.05, 3.63) is 57.9 Å². The van der Waals surface area contributed by atoms with Crippen LogP contribution >= 0.6 is 11.3 Å². The normalized spacial score (nSPS) is 20.9. The Morgan fingerprint density at radius 1 is 1.03 bits per heavy atom. The minimum absolute atomic E-state index is 0.236. The Kier molecular flexibility index (Phi) is 5.53. The van der Waals surface area contributed by atoms with Crippen LogP contribution in [0.15, 0.2) is 36.0 Å². The Balaban J connectivity index is 1.30. The molecule has 5 rings (SSSR count). The summed E-state index contributed by atoms with van der Waals surface area (Å²) in [4.78, 5) is 12.1. The summed E-state index contributed by atoms with van der Waals surface area (Å²) < 4.78 is 2.13. The van der Waals surface area contributed by atoms with Crippen molar-refractivity contribution in [2.24, 2.45) is 7.05 Å². The van der Waals surface area contributed by atoms with Gasteiger partial charge < -0.3 is 4.57 Å². The molecule has 2 aliphatic rings. The van der Waals surface area contributed by atoms with Crippen molar-refractivity contribution in [1.29, 1.82) is 0 Å². The number of piperidine rings is 1. The molecular formula is C27H36N4S. The SMILES string of the molecule is Cn1ccnc1CN1CCC(c2nc(-c3ccc4c(c3)C(C)(C)CCC4(C)C)cs2)CC1. The van der Waals surface area contributed by atoms with Gasteiger partial charge in [0.1, 0.15) is 5.82 Å². The maximum absolute atomic E-state index is 5.14. The number of rotatable bonds is 4. The number of thiazole rings is 1. The summed E-state index contributed by atoms with van der Waals surface area (Å²) >= 11 is 1.85. The predicted octanol–water partition coefficient (Wildman–Crippen LogP) is 6.27. The first-order valence-corrected chi connectivity index (χ1v) is 12.9. The lowest BCUT2D eigenvalue weighted by molar-refractivity contribution is 0.198. The zero-order valence-electron chi connectivity index (χ0n) is 20.2. The van der Waals surface area contributed by atoms with Crippen molar-refractivity contribution in [3.8, 4) is 11.3 Å². The summed E-state index contributed by atoms with van der Waals surface area (Å²) in [6.07, 6.45) is 8.79. The van der Waals surface area contributed by atoms with E-state index in [1.807, 2.05) is 23.7 Å². The lowest BCUT2D eigenvalue weighted by atomic mass is 9.63. The minimum atomic E-state index is 0.236. The topological polar surface area (TPSA) is 34.0 Å². The summed E-state index contributed by atoms with van der Waals surface area (Å²) in [6.45, 7) is 12.8. The number of hydrogen-bond acceptors (Lipinski definition) is 4. The first kappa shape index (κ1) is 21.8. The van der Waals surface area contributed by atoms with Gasteiger partial charge >= 0.3 is 0 Å². The van der Waals surface area contributed by atoms with E-state index in [4.69, 9.17) is 4.98 Å². The maximum atomic E-state index is 5.14. The van der Waals surface area contributed by atoms with Gasteiger partial charge in [-0.25, -0.2) is 9.97 Å². The third kappa shape index (κ3) is 4.06. The summed E-state index contributed by atoms with van der Waals surface area (Å²) in [7, 11) is 2.08. The molecule has 0 unspecified atom stereocenters. The van der Waals surface area contributed by atoms with Gasteiger partial charge in [-0.15, -0.1) is 11.3 Å². The van der Waals surface area contributed by atoms with Gasteiger partial charge in [0.05, 0.1) is 17.2 Å². The maximum Gasteiger partial charge on any atom is 0.122 e. The lowest BCUT2D eigenvalue weighted by Gasteiger charge is -2.42. The molecular weight excluding hydrogens is 412 g/mol. The molecule has 1 saturated heterocycles. The summed E-state index contributed by atoms with van der Waals surface area (Å²) in [6, 6.07) is 7.11. The molecule has 0 amide bonds. The van der Waals surface area contributed by atoms with Crippen LogP contribution in [-0.4, -0.2) is 32.5 Å². The Labute approximate surface area is 196 Å². The zero-order chi connectivity index (χ0) is 22.5. The number of benzene rings is 1. The summed E-state index contributed by atoms with van der Waals surface area (Å²) in [5, 5.41) is 3.59. The van der Waals surface area contributed by atoms with Crippen LogP contribution in [0.25, 0.3) is 11.3 Å². The van der Waals surface area contributed by atoms with Crippen molar-refractivity contribution in [2.45, 2.75) is 76.7 Å². The summed E-state index contributed by atoms with van der Waals surface area (Å²) in [5.41, 5.74) is 5.97. The van der Waals surface area contributed by atoms with E-state index in [1.165, 1.54) is 47.4 Å². The number of aromatic nitrogens is 3. The molecule has 0 saturated carbocycles. The van der Waals surface area contributed by atoms with E-state index < -0.39 is 0 Å². The largest absolute Gasteiger partial charge is 0.337 e. The molecule has 170 valence electrons. The second kappa shape index (κ2) is 8.11. The van der Waals surface area contributed by atoms with Gasteiger partial charge in [0, 0.05) is 36.3 Å². The average molecular weight is 449 g/mol. The Morgan fingerprint density at radius 2 is 1.75 bits per heavy atom. The van der Waals surface area contributed by atoms with Crippen LogP contribution in [0.3, 0.4) is 0 Å². The molecule has 0 spiro atoms. The number of nitrogens with zero attached hydrogens (tertiary/aromatic N) is 4. The van der Waals surface area contributed by atoms with E-state index in [9.17, 15) is 0 Å². The molecule has 3 aromatic rings. The molecule has 5 heteroatoms. The van der Waals surface area contributed by atoms with Crippen molar-refractivity contribution in [3.63, 3.8) is 0 Å². The fourth-order valence-corrected chi connectivity index (χ4v) is 6.44. The van der Waals surface area contributed by atoms with Gasteiger partial charge in [0.15, 0.2) is 0 Å². The number of imidazole rings is 1. The predicted molar refractivity (Wildman–Crippen MR) is 133 cm³/mol. The highest BCUT2D eigenvalue weighted by Crippen LogP contribution is 2.47. The van der Waals surface area contributed by atoms with Crippen LogP contribution in [0.5, 0.6) is 0 Å². The van der Waals surface area contributed by atoms with Crippen molar-refractivity contribution >= 4 is 11.3 Å². The number of hydrogen-bond donors (Lipinski definition) is 0. The third-order valence-electron chi connectivity index (χ3n) is 7.89. The van der Waals surface area contributed by atoms with Gasteiger partial charge in [-0.2, -0.15) is 0 Å². The van der Waals surface area contributed by atoms with E-state index in [1.54, 1.807) is 0 Å². The first-order chi connectivity index (χ1) is 15.2. The van der Waals surface area contributed by atoms with Gasteiger partial charge in [-0.1, -0.05) is 39.8 Å². The second-order valence-corrected chi connectivity index (χ2v) is 12.0. The zero-order valence-corrected chi connectivity index (χ0v) is 21.0. The Morgan fingerprint density at radius 3 is 2.44 bits per heavy atom.